The van der Waals surface area contributed by atoms with E-state index in [9.17, 15) is 9.59 Å². The summed E-state index contributed by atoms with van der Waals surface area (Å²) in [4.78, 5) is 29.5. The summed E-state index contributed by atoms with van der Waals surface area (Å²) in [7, 11) is 0. The van der Waals surface area contributed by atoms with E-state index < -0.39 is 6.04 Å². The lowest BCUT2D eigenvalue weighted by atomic mass is 10.0. The second-order valence-corrected chi connectivity index (χ2v) is 12.8. The molecular formula is C39H64N2O3. The Balaban J connectivity index is 1.70. The van der Waals surface area contributed by atoms with Crippen molar-refractivity contribution in [2.75, 3.05) is 0 Å². The minimum Gasteiger partial charge on any atom is -0.461 e. The highest BCUT2D eigenvalue weighted by molar-refractivity contribution is 5.87. The highest BCUT2D eigenvalue weighted by atomic mass is 16.5. The number of ether oxygens (including phenoxy) is 1. The maximum atomic E-state index is 13.3. The van der Waals surface area contributed by atoms with Crippen LogP contribution in [0, 0.1) is 0 Å². The molecule has 0 spiro atoms. The first-order chi connectivity index (χ1) is 21.5. The Morgan fingerprint density at radius 3 is 2.00 bits per heavy atom. The van der Waals surface area contributed by atoms with E-state index in [4.69, 9.17) is 4.74 Å². The van der Waals surface area contributed by atoms with Gasteiger partial charge in [-0.2, -0.15) is 0 Å². The summed E-state index contributed by atoms with van der Waals surface area (Å²) in [5.74, 6) is -0.389. The number of carbonyl (C=O) groups is 2. The van der Waals surface area contributed by atoms with E-state index in [0.717, 1.165) is 55.0 Å². The van der Waals surface area contributed by atoms with Crippen molar-refractivity contribution in [1.82, 2.24) is 10.3 Å². The number of nitrogens with one attached hydrogen (secondary N) is 2. The monoisotopic (exact) mass is 608 g/mol. The van der Waals surface area contributed by atoms with E-state index in [-0.39, 0.29) is 18.0 Å². The molecule has 1 aromatic heterocycles. The highest BCUT2D eigenvalue weighted by Crippen LogP contribution is 2.20. The molecule has 2 rings (SSSR count). The lowest BCUT2D eigenvalue weighted by Gasteiger charge is -2.21. The Morgan fingerprint density at radius 2 is 1.34 bits per heavy atom. The molecule has 2 atom stereocenters. The quantitative estimate of drug-likeness (QED) is 0.0602. The van der Waals surface area contributed by atoms with Gasteiger partial charge in [0.1, 0.15) is 6.04 Å². The molecule has 1 heterocycles. The summed E-state index contributed by atoms with van der Waals surface area (Å²) < 4.78 is 5.86. The molecule has 0 bridgehead atoms. The van der Waals surface area contributed by atoms with Gasteiger partial charge in [0.2, 0.25) is 5.91 Å². The number of rotatable bonds is 27. The first-order valence-electron chi connectivity index (χ1n) is 18.2. The standard InChI is InChI=1S/C39H64N2O3/c1-4-6-8-10-12-13-14-15-16-17-18-19-20-22-24-30-38(42)41-37(31-34-32-40-36-29-26-25-28-35(34)36)39(43)44-33(3)27-23-21-11-9-7-5-2/h15-16,25-26,28-29,32-33,37,40H,4-14,17-24,27,30-31H2,1-3H3,(H,41,42)/b16-15-/t33?,37-/m0/s1. The van der Waals surface area contributed by atoms with Crippen LogP contribution in [0.15, 0.2) is 42.6 Å². The fourth-order valence-corrected chi connectivity index (χ4v) is 5.89. The maximum absolute atomic E-state index is 13.3. The number of carbonyl (C=O) groups excluding carboxylic acids is 2. The second kappa shape index (κ2) is 24.7. The molecule has 2 aromatic rings. The van der Waals surface area contributed by atoms with Crippen LogP contribution in [0.3, 0.4) is 0 Å². The Bertz CT molecular complexity index is 1040. The number of H-pyrrole nitrogens is 1. The molecule has 1 aromatic carbocycles. The van der Waals surface area contributed by atoms with E-state index in [1.807, 2.05) is 31.3 Å². The van der Waals surface area contributed by atoms with Gasteiger partial charge in [0, 0.05) is 29.9 Å². The predicted molar refractivity (Wildman–Crippen MR) is 187 cm³/mol. The molecule has 0 radical (unpaired) electrons. The first-order valence-corrected chi connectivity index (χ1v) is 18.2. The van der Waals surface area contributed by atoms with Gasteiger partial charge in [-0.25, -0.2) is 4.79 Å². The lowest BCUT2D eigenvalue weighted by Crippen LogP contribution is -2.44. The van der Waals surface area contributed by atoms with Crippen LogP contribution in [-0.4, -0.2) is 29.0 Å². The van der Waals surface area contributed by atoms with Gasteiger partial charge in [0.05, 0.1) is 6.10 Å². The van der Waals surface area contributed by atoms with Crippen molar-refractivity contribution in [3.8, 4) is 0 Å². The van der Waals surface area contributed by atoms with Crippen LogP contribution in [0.25, 0.3) is 10.9 Å². The van der Waals surface area contributed by atoms with E-state index in [2.05, 4.69) is 42.4 Å². The number of aromatic amines is 1. The van der Waals surface area contributed by atoms with E-state index in [0.29, 0.717) is 12.8 Å². The van der Waals surface area contributed by atoms with Crippen LogP contribution in [0.4, 0.5) is 0 Å². The van der Waals surface area contributed by atoms with Gasteiger partial charge in [-0.05, 0) is 63.5 Å². The van der Waals surface area contributed by atoms with Crippen molar-refractivity contribution in [3.05, 3.63) is 48.2 Å². The average molecular weight is 609 g/mol. The average Bonchev–Trinajstić information content (AvgIpc) is 3.43. The fourth-order valence-electron chi connectivity index (χ4n) is 5.89. The number of fused-ring (bicyclic) bond motifs is 1. The summed E-state index contributed by atoms with van der Waals surface area (Å²) in [5, 5.41) is 4.11. The Labute approximate surface area is 269 Å². The van der Waals surface area contributed by atoms with Gasteiger partial charge in [-0.15, -0.1) is 0 Å². The van der Waals surface area contributed by atoms with E-state index >= 15 is 0 Å². The molecule has 0 saturated heterocycles. The molecule has 44 heavy (non-hydrogen) atoms. The van der Waals surface area contributed by atoms with Crippen LogP contribution >= 0.6 is 0 Å². The Morgan fingerprint density at radius 1 is 0.773 bits per heavy atom. The number of unbranched alkanes of at least 4 members (excludes halogenated alkanes) is 16. The summed E-state index contributed by atoms with van der Waals surface area (Å²) in [6.45, 7) is 6.47. The molecular weight excluding hydrogens is 544 g/mol. The van der Waals surface area contributed by atoms with Crippen molar-refractivity contribution in [2.24, 2.45) is 0 Å². The third kappa shape index (κ3) is 17.1. The van der Waals surface area contributed by atoms with E-state index in [1.54, 1.807) is 0 Å². The van der Waals surface area contributed by atoms with Crippen molar-refractivity contribution in [2.45, 2.75) is 174 Å². The number of para-hydroxylation sites is 1. The number of hydrogen-bond donors (Lipinski definition) is 2. The number of benzene rings is 1. The predicted octanol–water partition coefficient (Wildman–Crippen LogP) is 10.9. The largest absolute Gasteiger partial charge is 0.461 e. The van der Waals surface area contributed by atoms with Gasteiger partial charge in [-0.3, -0.25) is 4.79 Å². The molecule has 0 aliphatic heterocycles. The van der Waals surface area contributed by atoms with Crippen LogP contribution in [0.1, 0.15) is 161 Å². The summed E-state index contributed by atoms with van der Waals surface area (Å²) in [6, 6.07) is 7.39. The third-order valence-corrected chi connectivity index (χ3v) is 8.67. The topological polar surface area (TPSA) is 71.2 Å². The SMILES string of the molecule is CCCCCCCC/C=C\CCCCCCCC(=O)N[C@@H](Cc1c[nH]c2ccccc12)C(=O)OC(C)CCCCCCCC. The zero-order chi connectivity index (χ0) is 31.7. The van der Waals surface area contributed by atoms with Gasteiger partial charge in [-0.1, -0.05) is 128 Å². The minimum atomic E-state index is -0.683. The highest BCUT2D eigenvalue weighted by Gasteiger charge is 2.25. The fraction of sp³-hybridized carbons (Fsp3) is 0.692. The molecule has 0 saturated carbocycles. The first kappa shape index (κ1) is 37.6. The zero-order valence-corrected chi connectivity index (χ0v) is 28.5. The molecule has 1 unspecified atom stereocenters. The normalized spacial score (nSPS) is 13.0. The number of hydrogen-bond acceptors (Lipinski definition) is 3. The van der Waals surface area contributed by atoms with E-state index in [1.165, 1.54) is 89.9 Å². The molecule has 1 amide bonds. The zero-order valence-electron chi connectivity index (χ0n) is 28.5. The van der Waals surface area contributed by atoms with Gasteiger partial charge >= 0.3 is 5.97 Å². The van der Waals surface area contributed by atoms with Crippen molar-refractivity contribution < 1.29 is 14.3 Å². The summed E-state index contributed by atoms with van der Waals surface area (Å²) in [5.41, 5.74) is 2.05. The van der Waals surface area contributed by atoms with Gasteiger partial charge in [0.15, 0.2) is 0 Å². The minimum absolute atomic E-state index is 0.0620. The Kier molecular flexibility index (Phi) is 21.1. The molecule has 0 fully saturated rings. The number of aromatic nitrogens is 1. The number of allylic oxidation sites excluding steroid dienone is 2. The number of esters is 1. The molecule has 248 valence electrons. The summed E-state index contributed by atoms with van der Waals surface area (Å²) >= 11 is 0. The second-order valence-electron chi connectivity index (χ2n) is 12.8. The summed E-state index contributed by atoms with van der Waals surface area (Å²) in [6.07, 6.45) is 31.5. The number of amides is 1. The molecule has 5 nitrogen and oxygen atoms in total. The third-order valence-electron chi connectivity index (χ3n) is 8.67. The lowest BCUT2D eigenvalue weighted by molar-refractivity contribution is -0.152. The molecule has 0 aliphatic rings. The van der Waals surface area contributed by atoms with Crippen molar-refractivity contribution >= 4 is 22.8 Å². The molecule has 2 N–H and O–H groups in total. The van der Waals surface area contributed by atoms with Crippen LogP contribution < -0.4 is 5.32 Å². The maximum Gasteiger partial charge on any atom is 0.329 e. The molecule has 0 aliphatic carbocycles. The van der Waals surface area contributed by atoms with Gasteiger partial charge in [0.25, 0.3) is 0 Å². The van der Waals surface area contributed by atoms with Crippen molar-refractivity contribution in [3.63, 3.8) is 0 Å². The van der Waals surface area contributed by atoms with Crippen molar-refractivity contribution in [1.29, 1.82) is 0 Å². The van der Waals surface area contributed by atoms with Crippen LogP contribution in [-0.2, 0) is 20.7 Å². The molecule has 5 heteroatoms. The Hall–Kier alpha value is -2.56. The smallest absolute Gasteiger partial charge is 0.329 e. The van der Waals surface area contributed by atoms with Crippen LogP contribution in [0.5, 0.6) is 0 Å². The van der Waals surface area contributed by atoms with Crippen LogP contribution in [0.2, 0.25) is 0 Å². The van der Waals surface area contributed by atoms with Gasteiger partial charge < -0.3 is 15.0 Å².